The predicted octanol–water partition coefficient (Wildman–Crippen LogP) is 2.87. The van der Waals surface area contributed by atoms with Gasteiger partial charge in [0.1, 0.15) is 0 Å². The number of carbonyl (C=O) groups excluding carboxylic acids is 2. The average molecular weight is 302 g/mol. The minimum absolute atomic E-state index is 0.0465. The van der Waals surface area contributed by atoms with Gasteiger partial charge in [-0.05, 0) is 68.6 Å². The highest BCUT2D eigenvalue weighted by Crippen LogP contribution is 2.61. The van der Waals surface area contributed by atoms with Crippen LogP contribution in [-0.2, 0) is 9.59 Å². The number of amides is 2. The van der Waals surface area contributed by atoms with Gasteiger partial charge in [-0.2, -0.15) is 0 Å². The Morgan fingerprint density at radius 1 is 1.00 bits per heavy atom. The van der Waals surface area contributed by atoms with Gasteiger partial charge in [-0.15, -0.1) is 0 Å². The molecule has 4 saturated carbocycles. The van der Waals surface area contributed by atoms with Crippen molar-refractivity contribution in [3.05, 3.63) is 24.3 Å². The van der Waals surface area contributed by atoms with E-state index in [0.717, 1.165) is 17.8 Å². The standard InChI is InChI=1S/C18H26N2O2/c1-2-3-4-5-16(21)19-20-17(22)12-18-9-13-6-14(10-18)8-15(7-13)11-18/h2-5,13-15H,6-12H2,1H3,(H,19,21)(H,20,22). The molecule has 0 aromatic heterocycles. The number of rotatable bonds is 4. The van der Waals surface area contributed by atoms with Crippen LogP contribution in [0.5, 0.6) is 0 Å². The average Bonchev–Trinajstić information content (AvgIpc) is 2.43. The van der Waals surface area contributed by atoms with E-state index in [1.165, 1.54) is 44.6 Å². The van der Waals surface area contributed by atoms with Gasteiger partial charge in [0.05, 0.1) is 0 Å². The van der Waals surface area contributed by atoms with Crippen molar-refractivity contribution in [2.75, 3.05) is 0 Å². The Morgan fingerprint density at radius 2 is 1.59 bits per heavy atom. The van der Waals surface area contributed by atoms with Gasteiger partial charge in [0.2, 0.25) is 5.91 Å². The van der Waals surface area contributed by atoms with E-state index in [-0.39, 0.29) is 17.2 Å². The van der Waals surface area contributed by atoms with Crippen LogP contribution in [0.4, 0.5) is 0 Å². The van der Waals surface area contributed by atoms with Gasteiger partial charge in [0, 0.05) is 12.5 Å². The first-order valence-electron chi connectivity index (χ1n) is 8.47. The monoisotopic (exact) mass is 302 g/mol. The van der Waals surface area contributed by atoms with Crippen molar-refractivity contribution in [2.45, 2.75) is 51.9 Å². The summed E-state index contributed by atoms with van der Waals surface area (Å²) in [6.45, 7) is 1.88. The number of hydrogen-bond acceptors (Lipinski definition) is 2. The third-order valence-corrected chi connectivity index (χ3v) is 5.58. The number of nitrogens with one attached hydrogen (secondary N) is 2. The topological polar surface area (TPSA) is 58.2 Å². The Morgan fingerprint density at radius 3 is 2.14 bits per heavy atom. The lowest BCUT2D eigenvalue weighted by Crippen LogP contribution is -2.49. The quantitative estimate of drug-likeness (QED) is 0.476. The first kappa shape index (κ1) is 15.3. The van der Waals surface area contributed by atoms with Gasteiger partial charge < -0.3 is 0 Å². The molecule has 0 aromatic carbocycles. The van der Waals surface area contributed by atoms with Crippen LogP contribution in [0.2, 0.25) is 0 Å². The molecule has 0 spiro atoms. The summed E-state index contributed by atoms with van der Waals surface area (Å²) in [5.74, 6) is 2.19. The van der Waals surface area contributed by atoms with Crippen LogP contribution in [0.15, 0.2) is 24.3 Å². The Labute approximate surface area is 132 Å². The molecular formula is C18H26N2O2. The maximum Gasteiger partial charge on any atom is 0.262 e. The smallest absolute Gasteiger partial charge is 0.262 e. The van der Waals surface area contributed by atoms with Crippen LogP contribution in [0.25, 0.3) is 0 Å². The van der Waals surface area contributed by atoms with Gasteiger partial charge >= 0.3 is 0 Å². The molecule has 4 nitrogen and oxygen atoms in total. The SMILES string of the molecule is CC=CC=CC(=O)NNC(=O)CC12CC3CC(CC(C3)C1)C2. The summed E-state index contributed by atoms with van der Waals surface area (Å²) in [5.41, 5.74) is 5.25. The molecule has 2 amide bonds. The first-order valence-corrected chi connectivity index (χ1v) is 8.47. The molecule has 4 aliphatic rings. The van der Waals surface area contributed by atoms with Crippen molar-refractivity contribution in [1.29, 1.82) is 0 Å². The van der Waals surface area contributed by atoms with E-state index >= 15 is 0 Å². The number of allylic oxidation sites excluding steroid dienone is 3. The summed E-state index contributed by atoms with van der Waals surface area (Å²) in [6, 6.07) is 0. The third kappa shape index (κ3) is 3.42. The lowest BCUT2D eigenvalue weighted by molar-refractivity contribution is -0.133. The van der Waals surface area contributed by atoms with E-state index in [1.807, 2.05) is 13.0 Å². The number of hydrogen-bond donors (Lipinski definition) is 2. The molecule has 0 saturated heterocycles. The molecule has 22 heavy (non-hydrogen) atoms. The van der Waals surface area contributed by atoms with Gasteiger partial charge in [-0.25, -0.2) is 0 Å². The molecular weight excluding hydrogens is 276 g/mol. The zero-order chi connectivity index (χ0) is 15.6. The molecule has 120 valence electrons. The van der Waals surface area contributed by atoms with E-state index in [2.05, 4.69) is 10.9 Å². The molecule has 4 heteroatoms. The molecule has 4 bridgehead atoms. The van der Waals surface area contributed by atoms with E-state index in [1.54, 1.807) is 12.2 Å². The summed E-state index contributed by atoms with van der Waals surface area (Å²) >= 11 is 0. The first-order chi connectivity index (χ1) is 10.6. The van der Waals surface area contributed by atoms with Crippen molar-refractivity contribution >= 4 is 11.8 Å². The van der Waals surface area contributed by atoms with E-state index in [0.29, 0.717) is 6.42 Å². The summed E-state index contributed by atoms with van der Waals surface area (Å²) in [4.78, 5) is 23.7. The number of hydrazine groups is 1. The van der Waals surface area contributed by atoms with Crippen LogP contribution in [0.3, 0.4) is 0 Å². The zero-order valence-electron chi connectivity index (χ0n) is 13.3. The molecule has 0 unspecified atom stereocenters. The Kier molecular flexibility index (Phi) is 4.37. The summed E-state index contributed by atoms with van der Waals surface area (Å²) in [6.07, 6.45) is 15.0. The van der Waals surface area contributed by atoms with Crippen LogP contribution >= 0.6 is 0 Å². The third-order valence-electron chi connectivity index (χ3n) is 5.58. The van der Waals surface area contributed by atoms with Crippen molar-refractivity contribution in [3.63, 3.8) is 0 Å². The minimum atomic E-state index is -0.294. The van der Waals surface area contributed by atoms with Crippen molar-refractivity contribution < 1.29 is 9.59 Å². The summed E-state index contributed by atoms with van der Waals surface area (Å²) in [5, 5.41) is 0. The van der Waals surface area contributed by atoms with Crippen molar-refractivity contribution in [1.82, 2.24) is 10.9 Å². The Balaban J connectivity index is 1.49. The van der Waals surface area contributed by atoms with E-state index in [4.69, 9.17) is 0 Å². The summed E-state index contributed by atoms with van der Waals surface area (Å²) in [7, 11) is 0. The van der Waals surface area contributed by atoms with Crippen LogP contribution in [-0.4, -0.2) is 11.8 Å². The number of carbonyl (C=O) groups is 2. The van der Waals surface area contributed by atoms with Crippen LogP contribution in [0.1, 0.15) is 51.9 Å². The highest BCUT2D eigenvalue weighted by atomic mass is 16.2. The van der Waals surface area contributed by atoms with E-state index in [9.17, 15) is 9.59 Å². The fourth-order valence-corrected chi connectivity index (χ4v) is 5.32. The van der Waals surface area contributed by atoms with Gasteiger partial charge in [0.25, 0.3) is 5.91 Å². The second kappa shape index (κ2) is 6.27. The second-order valence-corrected chi connectivity index (χ2v) is 7.52. The predicted molar refractivity (Wildman–Crippen MR) is 85.5 cm³/mol. The Bertz CT molecular complexity index is 472. The van der Waals surface area contributed by atoms with Crippen LogP contribution < -0.4 is 10.9 Å². The molecule has 0 heterocycles. The highest BCUT2D eigenvalue weighted by Gasteiger charge is 2.51. The molecule has 2 N–H and O–H groups in total. The zero-order valence-corrected chi connectivity index (χ0v) is 13.3. The van der Waals surface area contributed by atoms with Crippen LogP contribution in [0, 0.1) is 23.2 Å². The maximum atomic E-state index is 12.2. The molecule has 0 atom stereocenters. The molecule has 4 aliphatic carbocycles. The lowest BCUT2D eigenvalue weighted by Gasteiger charge is -2.56. The van der Waals surface area contributed by atoms with Gasteiger partial charge in [-0.1, -0.05) is 18.2 Å². The normalized spacial score (nSPS) is 36.1. The maximum absolute atomic E-state index is 12.2. The van der Waals surface area contributed by atoms with Gasteiger partial charge in [-0.3, -0.25) is 20.4 Å². The van der Waals surface area contributed by atoms with E-state index < -0.39 is 0 Å². The molecule has 4 rings (SSSR count). The molecule has 0 aromatic rings. The molecule has 0 radical (unpaired) electrons. The minimum Gasteiger partial charge on any atom is -0.273 e. The Hall–Kier alpha value is -1.58. The van der Waals surface area contributed by atoms with Crippen molar-refractivity contribution in [3.8, 4) is 0 Å². The summed E-state index contributed by atoms with van der Waals surface area (Å²) < 4.78 is 0. The molecule has 4 fully saturated rings. The second-order valence-electron chi connectivity index (χ2n) is 7.52. The fourth-order valence-electron chi connectivity index (χ4n) is 5.32. The largest absolute Gasteiger partial charge is 0.273 e. The van der Waals surface area contributed by atoms with Gasteiger partial charge in [0.15, 0.2) is 0 Å². The molecule has 0 aliphatic heterocycles. The lowest BCUT2D eigenvalue weighted by atomic mass is 9.49. The highest BCUT2D eigenvalue weighted by molar-refractivity contribution is 5.89. The fraction of sp³-hybridized carbons (Fsp3) is 0.667. The van der Waals surface area contributed by atoms with Crippen molar-refractivity contribution in [2.24, 2.45) is 23.2 Å².